The van der Waals surface area contributed by atoms with Gasteiger partial charge in [0, 0.05) is 12.2 Å². The third-order valence-electron chi connectivity index (χ3n) is 4.47. The maximum absolute atomic E-state index is 13.3. The van der Waals surface area contributed by atoms with Crippen LogP contribution in [0.4, 0.5) is 10.1 Å². The second-order valence-corrected chi connectivity index (χ2v) is 8.55. The highest BCUT2D eigenvalue weighted by molar-refractivity contribution is 7.99. The number of halogens is 1. The van der Waals surface area contributed by atoms with Crippen molar-refractivity contribution in [3.05, 3.63) is 60.2 Å². The summed E-state index contributed by atoms with van der Waals surface area (Å²) in [6.07, 6.45) is -0.381. The monoisotopic (exact) mass is 458 g/mol. The molecule has 1 unspecified atom stereocenters. The van der Waals surface area contributed by atoms with Gasteiger partial charge < -0.3 is 19.4 Å². The van der Waals surface area contributed by atoms with Crippen molar-refractivity contribution in [3.63, 3.8) is 0 Å². The third kappa shape index (κ3) is 6.23. The molecule has 1 N–H and O–H groups in total. The van der Waals surface area contributed by atoms with Crippen LogP contribution in [0.25, 0.3) is 0 Å². The molecule has 170 valence electrons. The van der Waals surface area contributed by atoms with E-state index in [9.17, 15) is 9.18 Å². The zero-order valence-electron chi connectivity index (χ0n) is 18.5. The van der Waals surface area contributed by atoms with Gasteiger partial charge in [0.25, 0.3) is 0 Å². The molecule has 1 heterocycles. The molecule has 0 saturated heterocycles. The number of nitrogens with zero attached hydrogens (tertiary/aromatic N) is 3. The summed E-state index contributed by atoms with van der Waals surface area (Å²) in [4.78, 5) is 12.3. The second-order valence-electron chi connectivity index (χ2n) is 7.60. The van der Waals surface area contributed by atoms with E-state index >= 15 is 0 Å². The lowest BCUT2D eigenvalue weighted by molar-refractivity contribution is -0.113. The van der Waals surface area contributed by atoms with Gasteiger partial charge in [-0.05, 0) is 43.2 Å². The largest absolute Gasteiger partial charge is 0.493 e. The van der Waals surface area contributed by atoms with E-state index in [1.807, 2.05) is 35.8 Å². The third-order valence-corrected chi connectivity index (χ3v) is 5.44. The van der Waals surface area contributed by atoms with Crippen LogP contribution in [0.2, 0.25) is 0 Å². The first-order valence-electron chi connectivity index (χ1n) is 10.3. The Balaban J connectivity index is 1.72. The number of hydrogen-bond acceptors (Lipinski definition) is 6. The number of methoxy groups -OCH3 is 1. The number of thioether (sulfide) groups is 1. The molecule has 3 rings (SSSR count). The minimum absolute atomic E-state index is 0.120. The number of aromatic nitrogens is 3. The van der Waals surface area contributed by atoms with Crippen LogP contribution in [-0.4, -0.2) is 33.5 Å². The minimum Gasteiger partial charge on any atom is -0.493 e. The lowest BCUT2D eigenvalue weighted by Crippen LogP contribution is -2.17. The SMILES string of the molecule is COc1ccccc1OC(C)c1nnc(SCC(=O)Nc2cccc(F)c2)n1CC(C)C. The first-order valence-corrected chi connectivity index (χ1v) is 11.3. The van der Waals surface area contributed by atoms with Crippen LogP contribution < -0.4 is 14.8 Å². The lowest BCUT2D eigenvalue weighted by atomic mass is 10.2. The van der Waals surface area contributed by atoms with Gasteiger partial charge in [-0.1, -0.05) is 43.8 Å². The first kappa shape index (κ1) is 23.6. The predicted octanol–water partition coefficient (Wildman–Crippen LogP) is 4.95. The van der Waals surface area contributed by atoms with Crippen molar-refractivity contribution < 1.29 is 18.7 Å². The van der Waals surface area contributed by atoms with E-state index in [0.29, 0.717) is 40.6 Å². The maximum atomic E-state index is 13.3. The number of rotatable bonds is 10. The van der Waals surface area contributed by atoms with Crippen LogP contribution in [0, 0.1) is 11.7 Å². The Hall–Kier alpha value is -3.07. The van der Waals surface area contributed by atoms with E-state index in [0.717, 1.165) is 0 Å². The summed E-state index contributed by atoms with van der Waals surface area (Å²) in [5, 5.41) is 11.9. The Kier molecular flexibility index (Phi) is 8.10. The van der Waals surface area contributed by atoms with Crippen molar-refractivity contribution in [1.82, 2.24) is 14.8 Å². The van der Waals surface area contributed by atoms with Gasteiger partial charge in [0.1, 0.15) is 5.82 Å². The van der Waals surface area contributed by atoms with Gasteiger partial charge in [0.05, 0.1) is 12.9 Å². The summed E-state index contributed by atoms with van der Waals surface area (Å²) >= 11 is 1.28. The number of carbonyl (C=O) groups is 1. The van der Waals surface area contributed by atoms with Gasteiger partial charge in [0.2, 0.25) is 5.91 Å². The zero-order chi connectivity index (χ0) is 23.1. The lowest BCUT2D eigenvalue weighted by Gasteiger charge is -2.19. The van der Waals surface area contributed by atoms with Crippen molar-refractivity contribution >= 4 is 23.4 Å². The Morgan fingerprint density at radius 1 is 1.12 bits per heavy atom. The fourth-order valence-corrected chi connectivity index (χ4v) is 3.85. The van der Waals surface area contributed by atoms with Crippen molar-refractivity contribution in [2.75, 3.05) is 18.2 Å². The summed E-state index contributed by atoms with van der Waals surface area (Å²) in [7, 11) is 1.59. The van der Waals surface area contributed by atoms with E-state index < -0.39 is 5.82 Å². The minimum atomic E-state index is -0.402. The molecule has 9 heteroatoms. The van der Waals surface area contributed by atoms with E-state index in [2.05, 4.69) is 29.4 Å². The average molecular weight is 459 g/mol. The van der Waals surface area contributed by atoms with Crippen LogP contribution in [0.5, 0.6) is 11.5 Å². The highest BCUT2D eigenvalue weighted by Gasteiger charge is 2.22. The molecule has 1 aromatic heterocycles. The molecule has 2 aromatic carbocycles. The standard InChI is InChI=1S/C23H27FN4O3S/c1-15(2)13-28-22(16(3)31-20-11-6-5-10-19(20)30-4)26-27-23(28)32-14-21(29)25-18-9-7-8-17(24)12-18/h5-12,15-16H,13-14H2,1-4H3,(H,25,29). The van der Waals surface area contributed by atoms with Gasteiger partial charge >= 0.3 is 0 Å². The molecule has 0 bridgehead atoms. The van der Waals surface area contributed by atoms with Crippen LogP contribution in [0.3, 0.4) is 0 Å². The molecule has 1 amide bonds. The highest BCUT2D eigenvalue weighted by Crippen LogP contribution is 2.31. The molecule has 7 nitrogen and oxygen atoms in total. The van der Waals surface area contributed by atoms with Gasteiger partial charge in [-0.25, -0.2) is 4.39 Å². The zero-order valence-corrected chi connectivity index (χ0v) is 19.4. The molecule has 0 saturated carbocycles. The number of benzene rings is 2. The van der Waals surface area contributed by atoms with Gasteiger partial charge in [-0.2, -0.15) is 0 Å². The Bertz CT molecular complexity index is 1060. The Labute approximate surface area is 191 Å². The Morgan fingerprint density at radius 3 is 2.56 bits per heavy atom. The van der Waals surface area contributed by atoms with E-state index in [-0.39, 0.29) is 17.8 Å². The van der Waals surface area contributed by atoms with E-state index in [1.165, 1.54) is 23.9 Å². The summed E-state index contributed by atoms with van der Waals surface area (Å²) in [5.41, 5.74) is 0.416. The van der Waals surface area contributed by atoms with Crippen LogP contribution >= 0.6 is 11.8 Å². The molecule has 0 aliphatic rings. The van der Waals surface area contributed by atoms with Crippen molar-refractivity contribution in [2.24, 2.45) is 5.92 Å². The van der Waals surface area contributed by atoms with Crippen LogP contribution in [0.1, 0.15) is 32.7 Å². The highest BCUT2D eigenvalue weighted by atomic mass is 32.2. The second kappa shape index (κ2) is 11.0. The predicted molar refractivity (Wildman–Crippen MR) is 123 cm³/mol. The molecule has 0 aliphatic carbocycles. The number of para-hydroxylation sites is 2. The number of carbonyl (C=O) groups excluding carboxylic acids is 1. The average Bonchev–Trinajstić information content (AvgIpc) is 3.14. The maximum Gasteiger partial charge on any atom is 0.234 e. The molecular weight excluding hydrogens is 431 g/mol. The molecule has 0 spiro atoms. The summed E-state index contributed by atoms with van der Waals surface area (Å²) in [6, 6.07) is 13.2. The fraction of sp³-hybridized carbons (Fsp3) is 0.348. The molecule has 32 heavy (non-hydrogen) atoms. The number of amides is 1. The molecule has 0 fully saturated rings. The number of hydrogen-bond donors (Lipinski definition) is 1. The number of anilines is 1. The Morgan fingerprint density at radius 2 is 1.88 bits per heavy atom. The van der Waals surface area contributed by atoms with Crippen molar-refractivity contribution in [3.8, 4) is 11.5 Å². The smallest absolute Gasteiger partial charge is 0.234 e. The van der Waals surface area contributed by atoms with E-state index in [1.54, 1.807) is 19.2 Å². The summed E-state index contributed by atoms with van der Waals surface area (Å²) in [6.45, 7) is 6.77. The molecular formula is C23H27FN4O3S. The topological polar surface area (TPSA) is 78.3 Å². The van der Waals surface area contributed by atoms with Crippen LogP contribution in [-0.2, 0) is 11.3 Å². The number of nitrogens with one attached hydrogen (secondary N) is 1. The van der Waals surface area contributed by atoms with Gasteiger partial charge in [0.15, 0.2) is 28.6 Å². The molecule has 3 aromatic rings. The number of ether oxygens (including phenoxy) is 2. The summed E-state index contributed by atoms with van der Waals surface area (Å²) in [5.74, 6) is 1.72. The van der Waals surface area contributed by atoms with Gasteiger partial charge in [-0.15, -0.1) is 10.2 Å². The first-order chi connectivity index (χ1) is 15.4. The fourth-order valence-electron chi connectivity index (χ4n) is 3.10. The summed E-state index contributed by atoms with van der Waals surface area (Å²) < 4.78 is 26.8. The molecule has 0 radical (unpaired) electrons. The molecule has 1 atom stereocenters. The quantitative estimate of drug-likeness (QED) is 0.433. The normalized spacial score (nSPS) is 11.9. The van der Waals surface area contributed by atoms with Crippen molar-refractivity contribution in [2.45, 2.75) is 38.6 Å². The van der Waals surface area contributed by atoms with Crippen molar-refractivity contribution in [1.29, 1.82) is 0 Å². The van der Waals surface area contributed by atoms with E-state index in [4.69, 9.17) is 9.47 Å². The van der Waals surface area contributed by atoms with Gasteiger partial charge in [-0.3, -0.25) is 4.79 Å². The van der Waals surface area contributed by atoms with Crippen LogP contribution in [0.15, 0.2) is 53.7 Å². The molecule has 0 aliphatic heterocycles.